The summed E-state index contributed by atoms with van der Waals surface area (Å²) in [5, 5.41) is 2.90. The Morgan fingerprint density at radius 1 is 1.30 bits per heavy atom. The number of aryl methyl sites for hydroxylation is 1. The lowest BCUT2D eigenvalue weighted by Crippen LogP contribution is -2.33. The van der Waals surface area contributed by atoms with Crippen LogP contribution in [0.5, 0.6) is 0 Å². The Balaban J connectivity index is 1.85. The fraction of sp³-hybridized carbons (Fsp3) is 0.375. The van der Waals surface area contributed by atoms with Gasteiger partial charge in [-0.1, -0.05) is 24.3 Å². The van der Waals surface area contributed by atoms with Crippen LogP contribution in [0.3, 0.4) is 0 Å². The number of ether oxygens (including phenoxy) is 1. The summed E-state index contributed by atoms with van der Waals surface area (Å²) >= 11 is 0. The van der Waals surface area contributed by atoms with E-state index in [1.54, 1.807) is 0 Å². The summed E-state index contributed by atoms with van der Waals surface area (Å²) in [4.78, 5) is 16.5. The highest BCUT2D eigenvalue weighted by atomic mass is 16.5. The van der Waals surface area contributed by atoms with E-state index >= 15 is 0 Å². The summed E-state index contributed by atoms with van der Waals surface area (Å²) in [6.07, 6.45) is 3.71. The molecule has 1 aromatic rings. The molecule has 2 heterocycles. The third-order valence-corrected chi connectivity index (χ3v) is 3.80. The molecule has 0 unspecified atom stereocenters. The van der Waals surface area contributed by atoms with Crippen LogP contribution in [-0.4, -0.2) is 25.0 Å². The molecule has 0 saturated carbocycles. The van der Waals surface area contributed by atoms with Crippen LogP contribution in [0.1, 0.15) is 24.0 Å². The molecule has 1 saturated heterocycles. The van der Waals surface area contributed by atoms with Gasteiger partial charge in [-0.2, -0.15) is 0 Å². The van der Waals surface area contributed by atoms with Gasteiger partial charge in [-0.25, -0.2) is 4.99 Å². The monoisotopic (exact) mass is 270 g/mol. The Bertz CT molecular complexity index is 584. The molecule has 20 heavy (non-hydrogen) atoms. The molecular formula is C16H18N2O2. The zero-order valence-electron chi connectivity index (χ0n) is 11.6. The van der Waals surface area contributed by atoms with E-state index in [0.29, 0.717) is 11.6 Å². The van der Waals surface area contributed by atoms with Crippen molar-refractivity contribution in [2.24, 2.45) is 10.9 Å². The van der Waals surface area contributed by atoms with Gasteiger partial charge in [0.25, 0.3) is 5.91 Å². The predicted molar refractivity (Wildman–Crippen MR) is 78.3 cm³/mol. The van der Waals surface area contributed by atoms with Crippen molar-refractivity contribution in [3.8, 4) is 0 Å². The van der Waals surface area contributed by atoms with E-state index in [9.17, 15) is 4.79 Å². The molecule has 3 rings (SSSR count). The quantitative estimate of drug-likeness (QED) is 0.838. The van der Waals surface area contributed by atoms with Crippen molar-refractivity contribution >= 4 is 17.8 Å². The van der Waals surface area contributed by atoms with E-state index in [2.05, 4.69) is 10.3 Å². The van der Waals surface area contributed by atoms with E-state index < -0.39 is 0 Å². The lowest BCUT2D eigenvalue weighted by molar-refractivity contribution is -0.115. The molecule has 0 atom stereocenters. The lowest BCUT2D eigenvalue weighted by Gasteiger charge is -2.21. The van der Waals surface area contributed by atoms with E-state index in [4.69, 9.17) is 4.74 Å². The number of hydrogen-bond acceptors (Lipinski definition) is 3. The molecule has 4 nitrogen and oxygen atoms in total. The molecule has 0 aromatic heterocycles. The Kier molecular flexibility index (Phi) is 3.65. The zero-order chi connectivity index (χ0) is 13.9. The summed E-state index contributed by atoms with van der Waals surface area (Å²) in [5.74, 6) is 1.02. The van der Waals surface area contributed by atoms with Crippen LogP contribution < -0.4 is 5.32 Å². The maximum atomic E-state index is 12.0. The highest BCUT2D eigenvalue weighted by molar-refractivity contribution is 6.15. The van der Waals surface area contributed by atoms with Gasteiger partial charge in [0.05, 0.1) is 0 Å². The van der Waals surface area contributed by atoms with Gasteiger partial charge in [0.1, 0.15) is 11.5 Å². The summed E-state index contributed by atoms with van der Waals surface area (Å²) in [6, 6.07) is 7.98. The second kappa shape index (κ2) is 5.59. The van der Waals surface area contributed by atoms with E-state index in [1.165, 1.54) is 0 Å². The number of amides is 1. The van der Waals surface area contributed by atoms with Crippen LogP contribution in [0.4, 0.5) is 0 Å². The second-order valence-electron chi connectivity index (χ2n) is 5.22. The first-order chi connectivity index (χ1) is 9.74. The molecule has 0 bridgehead atoms. The van der Waals surface area contributed by atoms with Gasteiger partial charge in [-0.15, -0.1) is 0 Å². The summed E-state index contributed by atoms with van der Waals surface area (Å²) in [5.41, 5.74) is 2.68. The average Bonchev–Trinajstić information content (AvgIpc) is 2.84. The molecule has 4 heteroatoms. The lowest BCUT2D eigenvalue weighted by atomic mass is 9.99. The minimum atomic E-state index is -0.102. The third kappa shape index (κ3) is 2.65. The molecule has 1 fully saturated rings. The van der Waals surface area contributed by atoms with Crippen LogP contribution in [-0.2, 0) is 9.53 Å². The molecule has 0 radical (unpaired) electrons. The fourth-order valence-corrected chi connectivity index (χ4v) is 2.55. The number of aliphatic imine (C=N–C) groups is 1. The van der Waals surface area contributed by atoms with Crippen molar-refractivity contribution in [1.29, 1.82) is 0 Å². The molecule has 0 aliphatic carbocycles. The largest absolute Gasteiger partial charge is 0.381 e. The van der Waals surface area contributed by atoms with Crippen molar-refractivity contribution in [3.63, 3.8) is 0 Å². The van der Waals surface area contributed by atoms with Gasteiger partial charge in [0.15, 0.2) is 0 Å². The normalized spacial score (nSPS) is 21.9. The van der Waals surface area contributed by atoms with Gasteiger partial charge in [-0.3, -0.25) is 4.79 Å². The molecule has 1 N–H and O–H groups in total. The van der Waals surface area contributed by atoms with Crippen LogP contribution >= 0.6 is 0 Å². The third-order valence-electron chi connectivity index (χ3n) is 3.80. The number of amidine groups is 1. The zero-order valence-corrected chi connectivity index (χ0v) is 11.6. The first-order valence-corrected chi connectivity index (χ1v) is 6.99. The van der Waals surface area contributed by atoms with E-state index in [1.807, 2.05) is 37.3 Å². The Morgan fingerprint density at radius 2 is 2.05 bits per heavy atom. The summed E-state index contributed by atoms with van der Waals surface area (Å²) in [7, 11) is 0. The number of carbonyl (C=O) groups is 1. The predicted octanol–water partition coefficient (Wildman–Crippen LogP) is 2.29. The summed E-state index contributed by atoms with van der Waals surface area (Å²) < 4.78 is 5.34. The van der Waals surface area contributed by atoms with Crippen molar-refractivity contribution in [2.75, 3.05) is 13.2 Å². The molecule has 0 spiro atoms. The molecule has 104 valence electrons. The number of benzene rings is 1. The molecule has 2 aliphatic heterocycles. The maximum absolute atomic E-state index is 12.0. The van der Waals surface area contributed by atoms with Gasteiger partial charge >= 0.3 is 0 Å². The fourth-order valence-electron chi connectivity index (χ4n) is 2.55. The number of hydrogen-bond donors (Lipinski definition) is 1. The van der Waals surface area contributed by atoms with Crippen LogP contribution in [0.15, 0.2) is 35.0 Å². The van der Waals surface area contributed by atoms with Crippen LogP contribution in [0.25, 0.3) is 6.08 Å². The van der Waals surface area contributed by atoms with Crippen LogP contribution in [0.2, 0.25) is 0 Å². The number of carbonyl (C=O) groups excluding carboxylic acids is 1. The van der Waals surface area contributed by atoms with Gasteiger partial charge in [0, 0.05) is 19.1 Å². The minimum absolute atomic E-state index is 0.102. The standard InChI is InChI=1S/C16H18N2O2/c1-11-4-2-3-5-13(11)10-14-16(19)18-15(17-14)12-6-8-20-9-7-12/h2-5,10,12H,6-9H2,1H3,(H,17,18,19)/b14-10-. The van der Waals surface area contributed by atoms with E-state index in [0.717, 1.165) is 43.0 Å². The average molecular weight is 270 g/mol. The number of nitrogens with zero attached hydrogens (tertiary/aromatic N) is 1. The van der Waals surface area contributed by atoms with Crippen LogP contribution in [0, 0.1) is 12.8 Å². The molecule has 1 amide bonds. The first-order valence-electron chi connectivity index (χ1n) is 6.99. The molecule has 2 aliphatic rings. The van der Waals surface area contributed by atoms with Crippen molar-refractivity contribution in [1.82, 2.24) is 5.32 Å². The smallest absolute Gasteiger partial charge is 0.275 e. The second-order valence-corrected chi connectivity index (χ2v) is 5.22. The topological polar surface area (TPSA) is 50.7 Å². The van der Waals surface area contributed by atoms with Crippen molar-refractivity contribution < 1.29 is 9.53 Å². The first kappa shape index (κ1) is 13.1. The van der Waals surface area contributed by atoms with Gasteiger partial charge in [-0.05, 0) is 37.0 Å². The molecule has 1 aromatic carbocycles. The minimum Gasteiger partial charge on any atom is -0.381 e. The molecular weight excluding hydrogens is 252 g/mol. The number of rotatable bonds is 2. The Morgan fingerprint density at radius 3 is 2.80 bits per heavy atom. The van der Waals surface area contributed by atoms with E-state index in [-0.39, 0.29) is 5.91 Å². The SMILES string of the molecule is Cc1ccccc1/C=C1\N=C(C2CCOCC2)NC1=O. The summed E-state index contributed by atoms with van der Waals surface area (Å²) in [6.45, 7) is 3.52. The van der Waals surface area contributed by atoms with Crippen molar-refractivity contribution in [2.45, 2.75) is 19.8 Å². The van der Waals surface area contributed by atoms with Gasteiger partial charge in [0.2, 0.25) is 0 Å². The Labute approximate surface area is 118 Å². The maximum Gasteiger partial charge on any atom is 0.275 e. The van der Waals surface area contributed by atoms with Crippen molar-refractivity contribution in [3.05, 3.63) is 41.1 Å². The number of nitrogens with one attached hydrogen (secondary N) is 1. The highest BCUT2D eigenvalue weighted by Crippen LogP contribution is 2.21. The Hall–Kier alpha value is -1.94. The highest BCUT2D eigenvalue weighted by Gasteiger charge is 2.27. The van der Waals surface area contributed by atoms with Gasteiger partial charge < -0.3 is 10.1 Å².